The Kier molecular flexibility index (Phi) is 7.00. The predicted molar refractivity (Wildman–Crippen MR) is 142 cm³/mol. The molecule has 8 nitrogen and oxygen atoms in total. The highest BCUT2D eigenvalue weighted by atomic mass is 35.5. The smallest absolute Gasteiger partial charge is 0.301 e. The molecule has 3 heterocycles. The van der Waals surface area contributed by atoms with Gasteiger partial charge in [0.05, 0.1) is 45.6 Å². The maximum absolute atomic E-state index is 14.1. The van der Waals surface area contributed by atoms with Crippen LogP contribution in [-0.2, 0) is 9.59 Å². The van der Waals surface area contributed by atoms with E-state index in [1.807, 2.05) is 6.92 Å². The first kappa shape index (κ1) is 25.6. The largest absolute Gasteiger partial charge is 0.507 e. The lowest BCUT2D eigenvalue weighted by Crippen LogP contribution is -2.29. The summed E-state index contributed by atoms with van der Waals surface area (Å²) >= 11 is 6.96. The van der Waals surface area contributed by atoms with Crippen molar-refractivity contribution in [3.63, 3.8) is 0 Å². The average Bonchev–Trinajstić information content (AvgIpc) is 3.42. The number of halogens is 2. The Morgan fingerprint density at radius 1 is 1.11 bits per heavy atom. The molecule has 1 atom stereocenters. The summed E-state index contributed by atoms with van der Waals surface area (Å²) in [5.41, 5.74) is 0.977. The Balaban J connectivity index is 1.71. The van der Waals surface area contributed by atoms with Gasteiger partial charge in [0.2, 0.25) is 0 Å². The number of hydrogen-bond donors (Lipinski definition) is 1. The lowest BCUT2D eigenvalue weighted by molar-refractivity contribution is -0.132. The van der Waals surface area contributed by atoms with E-state index in [1.54, 1.807) is 37.3 Å². The molecule has 0 spiro atoms. The zero-order valence-electron chi connectivity index (χ0n) is 20.3. The van der Waals surface area contributed by atoms with Crippen LogP contribution < -0.4 is 14.4 Å². The molecule has 1 N–H and O–H groups in total. The summed E-state index contributed by atoms with van der Waals surface area (Å²) in [6.07, 6.45) is 3.04. The summed E-state index contributed by atoms with van der Waals surface area (Å²) in [6, 6.07) is 9.68. The molecule has 194 valence electrons. The number of pyridine rings is 1. The van der Waals surface area contributed by atoms with Crippen molar-refractivity contribution in [2.24, 2.45) is 0 Å². The number of aliphatic hydroxyl groups is 1. The van der Waals surface area contributed by atoms with Crippen LogP contribution in [0.1, 0.15) is 31.0 Å². The molecule has 1 saturated heterocycles. The van der Waals surface area contributed by atoms with E-state index in [4.69, 9.17) is 21.1 Å². The Morgan fingerprint density at radius 3 is 2.55 bits per heavy atom. The van der Waals surface area contributed by atoms with E-state index in [-0.39, 0.29) is 21.3 Å². The minimum atomic E-state index is -1.03. The third-order valence-electron chi connectivity index (χ3n) is 5.91. The third kappa shape index (κ3) is 4.46. The highest BCUT2D eigenvalue weighted by Gasteiger charge is 2.48. The third-order valence-corrected chi connectivity index (χ3v) is 7.22. The number of ether oxygens (including phenoxy) is 2. The molecule has 0 bridgehead atoms. The maximum Gasteiger partial charge on any atom is 0.301 e. The van der Waals surface area contributed by atoms with Gasteiger partial charge >= 0.3 is 5.91 Å². The number of nitrogens with zero attached hydrogens (tertiary/aromatic N) is 3. The topological polar surface area (TPSA) is 102 Å². The van der Waals surface area contributed by atoms with Gasteiger partial charge < -0.3 is 14.6 Å². The fraction of sp³-hybridized carbons (Fsp3) is 0.185. The standard InChI is InChI=1S/C27H21ClFN3O5S/c1-3-36-15-5-6-16(20(11-15)37-4-2)24(33)22-23(14-7-9-30-10-8-14)32(26(35)25(22)34)27-31-19-12-17(28)18(29)13-21(19)38-27/h5-13,23,33H,3-4H2,1-2H3/b24-22+. The van der Waals surface area contributed by atoms with Crippen molar-refractivity contribution in [1.29, 1.82) is 0 Å². The molecule has 1 amide bonds. The van der Waals surface area contributed by atoms with Gasteiger partial charge in [-0.25, -0.2) is 9.37 Å². The van der Waals surface area contributed by atoms with E-state index in [1.165, 1.54) is 29.4 Å². The number of fused-ring (bicyclic) bond motifs is 1. The number of amides is 1. The van der Waals surface area contributed by atoms with E-state index < -0.39 is 29.3 Å². The number of ketones is 1. The fourth-order valence-electron chi connectivity index (χ4n) is 4.28. The maximum atomic E-state index is 14.1. The van der Waals surface area contributed by atoms with Crippen LogP contribution in [0.5, 0.6) is 11.5 Å². The first-order chi connectivity index (χ1) is 18.3. The lowest BCUT2D eigenvalue weighted by atomic mass is 9.95. The van der Waals surface area contributed by atoms with Gasteiger partial charge in [0.1, 0.15) is 23.1 Å². The Hall–Kier alpha value is -4.02. The summed E-state index contributed by atoms with van der Waals surface area (Å²) in [4.78, 5) is 36.6. The van der Waals surface area contributed by atoms with E-state index >= 15 is 0 Å². The second kappa shape index (κ2) is 10.4. The Morgan fingerprint density at radius 2 is 1.84 bits per heavy atom. The van der Waals surface area contributed by atoms with Gasteiger partial charge in [0.15, 0.2) is 5.13 Å². The number of aromatic nitrogens is 2. The average molecular weight is 554 g/mol. The number of hydrogen-bond acceptors (Lipinski definition) is 8. The van der Waals surface area contributed by atoms with Crippen LogP contribution in [0.2, 0.25) is 5.02 Å². The predicted octanol–water partition coefficient (Wildman–Crippen LogP) is 5.91. The first-order valence-electron chi connectivity index (χ1n) is 11.7. The number of rotatable bonds is 7. The molecule has 2 aromatic heterocycles. The number of thiazole rings is 1. The number of benzene rings is 2. The number of anilines is 1. The van der Waals surface area contributed by atoms with Crippen molar-refractivity contribution >= 4 is 55.7 Å². The molecule has 4 aromatic rings. The molecule has 5 rings (SSSR count). The number of Topliss-reactive ketones (excluding diaryl/α,β-unsaturated/α-hetero) is 1. The molecule has 2 aromatic carbocycles. The highest BCUT2D eigenvalue weighted by molar-refractivity contribution is 7.22. The lowest BCUT2D eigenvalue weighted by Gasteiger charge is -2.23. The monoisotopic (exact) mass is 553 g/mol. The summed E-state index contributed by atoms with van der Waals surface area (Å²) in [5.74, 6) is -2.00. The van der Waals surface area contributed by atoms with Crippen molar-refractivity contribution in [2.45, 2.75) is 19.9 Å². The van der Waals surface area contributed by atoms with Crippen LogP contribution in [0.15, 0.2) is 60.4 Å². The van der Waals surface area contributed by atoms with Gasteiger partial charge in [-0.3, -0.25) is 19.5 Å². The van der Waals surface area contributed by atoms with Crippen molar-refractivity contribution < 1.29 is 28.6 Å². The molecule has 1 aliphatic heterocycles. The second-order valence-corrected chi connectivity index (χ2v) is 9.62. The van der Waals surface area contributed by atoms with Gasteiger partial charge in [-0.05, 0) is 55.8 Å². The van der Waals surface area contributed by atoms with E-state index in [9.17, 15) is 19.1 Å². The van der Waals surface area contributed by atoms with Crippen LogP contribution in [-0.4, -0.2) is 40.0 Å². The highest BCUT2D eigenvalue weighted by Crippen LogP contribution is 2.45. The van der Waals surface area contributed by atoms with Crippen LogP contribution in [0.3, 0.4) is 0 Å². The van der Waals surface area contributed by atoms with Crippen molar-refractivity contribution in [3.05, 3.63) is 82.4 Å². The second-order valence-electron chi connectivity index (χ2n) is 8.20. The van der Waals surface area contributed by atoms with Gasteiger partial charge in [-0.15, -0.1) is 0 Å². The van der Waals surface area contributed by atoms with E-state index in [0.717, 1.165) is 11.3 Å². The summed E-state index contributed by atoms with van der Waals surface area (Å²) < 4.78 is 25.8. The van der Waals surface area contributed by atoms with Gasteiger partial charge in [0, 0.05) is 18.5 Å². The van der Waals surface area contributed by atoms with E-state index in [0.29, 0.717) is 40.5 Å². The van der Waals surface area contributed by atoms with Crippen LogP contribution >= 0.6 is 22.9 Å². The van der Waals surface area contributed by atoms with Crippen molar-refractivity contribution in [1.82, 2.24) is 9.97 Å². The van der Waals surface area contributed by atoms with Crippen LogP contribution in [0.4, 0.5) is 9.52 Å². The van der Waals surface area contributed by atoms with Crippen LogP contribution in [0.25, 0.3) is 16.0 Å². The fourth-order valence-corrected chi connectivity index (χ4v) is 5.44. The first-order valence-corrected chi connectivity index (χ1v) is 12.9. The van der Waals surface area contributed by atoms with Gasteiger partial charge in [-0.1, -0.05) is 22.9 Å². The normalized spacial score (nSPS) is 16.8. The minimum absolute atomic E-state index is 0.110. The Labute approximate surface area is 225 Å². The quantitative estimate of drug-likeness (QED) is 0.172. The molecular formula is C27H21ClFN3O5S. The minimum Gasteiger partial charge on any atom is -0.507 e. The molecule has 0 radical (unpaired) electrons. The van der Waals surface area contributed by atoms with Crippen molar-refractivity contribution in [3.8, 4) is 11.5 Å². The van der Waals surface area contributed by atoms with E-state index in [2.05, 4.69) is 9.97 Å². The van der Waals surface area contributed by atoms with Crippen molar-refractivity contribution in [2.75, 3.05) is 18.1 Å². The number of carbonyl (C=O) groups is 2. The molecule has 0 aliphatic carbocycles. The van der Waals surface area contributed by atoms with Crippen LogP contribution in [0, 0.1) is 5.82 Å². The zero-order valence-corrected chi connectivity index (χ0v) is 21.8. The molecule has 0 saturated carbocycles. The van der Waals surface area contributed by atoms with Gasteiger partial charge in [-0.2, -0.15) is 0 Å². The number of aliphatic hydroxyl groups excluding tert-OH is 1. The SMILES string of the molecule is CCOc1ccc(/C(O)=C2\C(=O)C(=O)N(c3nc4cc(Cl)c(F)cc4s3)C2c2ccncc2)c(OCC)c1. The summed E-state index contributed by atoms with van der Waals surface area (Å²) in [7, 11) is 0. The zero-order chi connectivity index (χ0) is 27.0. The molecule has 1 aliphatic rings. The summed E-state index contributed by atoms with van der Waals surface area (Å²) in [6.45, 7) is 4.36. The number of carbonyl (C=O) groups excluding carboxylic acids is 2. The molecule has 1 fully saturated rings. The molecule has 11 heteroatoms. The summed E-state index contributed by atoms with van der Waals surface area (Å²) in [5, 5.41) is 11.5. The molecule has 1 unspecified atom stereocenters. The Bertz CT molecular complexity index is 1550. The van der Waals surface area contributed by atoms with Gasteiger partial charge in [0.25, 0.3) is 5.78 Å². The molecule has 38 heavy (non-hydrogen) atoms. The molecular weight excluding hydrogens is 533 g/mol.